The summed E-state index contributed by atoms with van der Waals surface area (Å²) >= 11 is 5.99. The lowest BCUT2D eigenvalue weighted by Gasteiger charge is -1.94. The third-order valence-corrected chi connectivity index (χ3v) is 2.74. The number of alkyl halides is 1. The van der Waals surface area contributed by atoms with Crippen LogP contribution in [-0.4, -0.2) is 15.2 Å². The molecule has 0 aliphatic heterocycles. The fourth-order valence-corrected chi connectivity index (χ4v) is 1.88. The summed E-state index contributed by atoms with van der Waals surface area (Å²) in [5.41, 5.74) is 2.57. The van der Waals surface area contributed by atoms with Crippen LogP contribution in [0.25, 0.3) is 5.57 Å². The Kier molecular flexibility index (Phi) is 2.40. The lowest BCUT2D eigenvalue weighted by molar-refractivity contribution is 0.659. The van der Waals surface area contributed by atoms with Gasteiger partial charge in [0.1, 0.15) is 0 Å². The Hall–Kier alpha value is -0.760. The molecule has 1 aliphatic rings. The number of hydrogen-bond donors (Lipinski definition) is 0. The van der Waals surface area contributed by atoms with Gasteiger partial charge in [0, 0.05) is 18.3 Å². The standard InChI is InChI=1S/C10H13ClN2/c1-2-13-7-9(6-12-13)8-3-4-10(11)5-8/h5-7,10H,2-4H2,1H3. The van der Waals surface area contributed by atoms with Crippen LogP contribution in [0.4, 0.5) is 0 Å². The quantitative estimate of drug-likeness (QED) is 0.666. The van der Waals surface area contributed by atoms with Crippen LogP contribution < -0.4 is 0 Å². The average molecular weight is 197 g/mol. The molecule has 0 saturated carbocycles. The summed E-state index contributed by atoms with van der Waals surface area (Å²) in [6.45, 7) is 3.02. The molecule has 2 rings (SSSR count). The van der Waals surface area contributed by atoms with E-state index in [2.05, 4.69) is 24.3 Å². The summed E-state index contributed by atoms with van der Waals surface area (Å²) in [5.74, 6) is 0. The molecule has 0 bridgehead atoms. The SMILES string of the molecule is CCn1cc(C2=CC(Cl)CC2)cn1. The van der Waals surface area contributed by atoms with E-state index in [1.165, 1.54) is 11.1 Å². The smallest absolute Gasteiger partial charge is 0.0564 e. The molecule has 1 unspecified atom stereocenters. The highest BCUT2D eigenvalue weighted by atomic mass is 35.5. The Morgan fingerprint density at radius 3 is 3.08 bits per heavy atom. The summed E-state index contributed by atoms with van der Waals surface area (Å²) in [6, 6.07) is 0. The first kappa shape index (κ1) is 8.82. The fourth-order valence-electron chi connectivity index (χ4n) is 1.62. The van der Waals surface area contributed by atoms with Crippen LogP contribution in [-0.2, 0) is 6.54 Å². The van der Waals surface area contributed by atoms with Gasteiger partial charge in [-0.05, 0) is 25.3 Å². The van der Waals surface area contributed by atoms with Crippen molar-refractivity contribution in [2.75, 3.05) is 0 Å². The maximum Gasteiger partial charge on any atom is 0.0564 e. The van der Waals surface area contributed by atoms with E-state index in [9.17, 15) is 0 Å². The normalized spacial score (nSPS) is 22.0. The molecule has 13 heavy (non-hydrogen) atoms. The number of allylic oxidation sites excluding steroid dienone is 2. The summed E-state index contributed by atoms with van der Waals surface area (Å²) in [5, 5.41) is 4.46. The zero-order valence-corrected chi connectivity index (χ0v) is 8.46. The highest BCUT2D eigenvalue weighted by Gasteiger charge is 2.15. The number of aryl methyl sites for hydroxylation is 1. The molecule has 70 valence electrons. The molecule has 0 saturated heterocycles. The molecule has 0 fully saturated rings. The van der Waals surface area contributed by atoms with E-state index in [0.717, 1.165) is 19.4 Å². The second-order valence-corrected chi connectivity index (χ2v) is 3.89. The molecule has 3 heteroatoms. The molecular weight excluding hydrogens is 184 g/mol. The second kappa shape index (κ2) is 3.54. The van der Waals surface area contributed by atoms with Gasteiger partial charge in [-0.1, -0.05) is 6.08 Å². The fraction of sp³-hybridized carbons (Fsp3) is 0.500. The lowest BCUT2D eigenvalue weighted by atomic mass is 10.1. The minimum absolute atomic E-state index is 0.222. The van der Waals surface area contributed by atoms with Crippen LogP contribution in [0.2, 0.25) is 0 Å². The van der Waals surface area contributed by atoms with Crippen molar-refractivity contribution < 1.29 is 0 Å². The molecule has 0 spiro atoms. The monoisotopic (exact) mass is 196 g/mol. The Bertz CT molecular complexity index is 327. The van der Waals surface area contributed by atoms with E-state index in [1.807, 2.05) is 10.9 Å². The van der Waals surface area contributed by atoms with Crippen LogP contribution in [0.15, 0.2) is 18.5 Å². The van der Waals surface area contributed by atoms with Gasteiger partial charge >= 0.3 is 0 Å². The predicted molar refractivity (Wildman–Crippen MR) is 54.8 cm³/mol. The van der Waals surface area contributed by atoms with Gasteiger partial charge in [0.15, 0.2) is 0 Å². The van der Waals surface area contributed by atoms with Gasteiger partial charge < -0.3 is 0 Å². The molecule has 1 aromatic heterocycles. The summed E-state index contributed by atoms with van der Waals surface area (Å²) in [4.78, 5) is 0. The van der Waals surface area contributed by atoms with Crippen molar-refractivity contribution in [2.24, 2.45) is 0 Å². The third-order valence-electron chi connectivity index (χ3n) is 2.40. The van der Waals surface area contributed by atoms with Crippen LogP contribution in [0.5, 0.6) is 0 Å². The first-order chi connectivity index (χ1) is 6.29. The second-order valence-electron chi connectivity index (χ2n) is 3.33. The third kappa shape index (κ3) is 1.78. The Balaban J connectivity index is 2.21. The summed E-state index contributed by atoms with van der Waals surface area (Å²) < 4.78 is 1.94. The zero-order chi connectivity index (χ0) is 9.26. The van der Waals surface area contributed by atoms with Gasteiger partial charge in [-0.15, -0.1) is 11.6 Å². The topological polar surface area (TPSA) is 17.8 Å². The van der Waals surface area contributed by atoms with E-state index in [4.69, 9.17) is 11.6 Å². The molecule has 2 nitrogen and oxygen atoms in total. The van der Waals surface area contributed by atoms with Crippen LogP contribution in [0.3, 0.4) is 0 Å². The van der Waals surface area contributed by atoms with Gasteiger partial charge in [0.2, 0.25) is 0 Å². The van der Waals surface area contributed by atoms with Gasteiger partial charge in [0.05, 0.1) is 11.6 Å². The van der Waals surface area contributed by atoms with Gasteiger partial charge in [-0.2, -0.15) is 5.10 Å². The van der Waals surface area contributed by atoms with Gasteiger partial charge in [-0.25, -0.2) is 0 Å². The molecule has 0 amide bonds. The van der Waals surface area contributed by atoms with Crippen LogP contribution >= 0.6 is 11.6 Å². The highest BCUT2D eigenvalue weighted by Crippen LogP contribution is 2.30. The number of hydrogen-bond acceptors (Lipinski definition) is 1. The van der Waals surface area contributed by atoms with E-state index < -0.39 is 0 Å². The average Bonchev–Trinajstić information content (AvgIpc) is 2.71. The molecule has 1 aliphatic carbocycles. The molecule has 0 radical (unpaired) electrons. The minimum Gasteiger partial charge on any atom is -0.272 e. The van der Waals surface area contributed by atoms with Crippen LogP contribution in [0.1, 0.15) is 25.3 Å². The lowest BCUT2D eigenvalue weighted by Crippen LogP contribution is -1.92. The van der Waals surface area contributed by atoms with Crippen LogP contribution in [0, 0.1) is 0 Å². The maximum absolute atomic E-state index is 5.99. The van der Waals surface area contributed by atoms with E-state index in [-0.39, 0.29) is 5.38 Å². The van der Waals surface area contributed by atoms with Crippen molar-refractivity contribution in [3.63, 3.8) is 0 Å². The van der Waals surface area contributed by atoms with Crippen molar-refractivity contribution in [1.29, 1.82) is 0 Å². The number of aromatic nitrogens is 2. The van der Waals surface area contributed by atoms with Crippen molar-refractivity contribution in [3.8, 4) is 0 Å². The first-order valence-corrected chi connectivity index (χ1v) is 5.11. The molecule has 1 aromatic rings. The van der Waals surface area contributed by atoms with Crippen molar-refractivity contribution >= 4 is 17.2 Å². The Morgan fingerprint density at radius 2 is 2.54 bits per heavy atom. The highest BCUT2D eigenvalue weighted by molar-refractivity contribution is 6.22. The van der Waals surface area contributed by atoms with E-state index >= 15 is 0 Å². The number of rotatable bonds is 2. The minimum atomic E-state index is 0.222. The Morgan fingerprint density at radius 1 is 1.69 bits per heavy atom. The molecular formula is C10H13ClN2. The summed E-state index contributed by atoms with van der Waals surface area (Å²) in [7, 11) is 0. The van der Waals surface area contributed by atoms with Gasteiger partial charge in [-0.3, -0.25) is 4.68 Å². The Labute approximate surface area is 83.2 Å². The van der Waals surface area contributed by atoms with E-state index in [1.54, 1.807) is 0 Å². The van der Waals surface area contributed by atoms with Gasteiger partial charge in [0.25, 0.3) is 0 Å². The van der Waals surface area contributed by atoms with E-state index in [0.29, 0.717) is 0 Å². The number of halogens is 1. The van der Waals surface area contributed by atoms with Crippen molar-refractivity contribution in [3.05, 3.63) is 24.0 Å². The number of nitrogens with zero attached hydrogens (tertiary/aromatic N) is 2. The van der Waals surface area contributed by atoms with Crippen molar-refractivity contribution in [1.82, 2.24) is 9.78 Å². The summed E-state index contributed by atoms with van der Waals surface area (Å²) in [6.07, 6.45) is 8.29. The largest absolute Gasteiger partial charge is 0.272 e. The first-order valence-electron chi connectivity index (χ1n) is 4.67. The maximum atomic E-state index is 5.99. The molecule has 1 atom stereocenters. The zero-order valence-electron chi connectivity index (χ0n) is 7.70. The van der Waals surface area contributed by atoms with Crippen molar-refractivity contribution in [2.45, 2.75) is 31.7 Å². The predicted octanol–water partition coefficient (Wildman–Crippen LogP) is 2.69. The molecule has 0 aromatic carbocycles. The molecule has 0 N–H and O–H groups in total. The molecule has 1 heterocycles.